The molecule has 0 N–H and O–H groups in total. The van der Waals surface area contributed by atoms with Crippen molar-refractivity contribution in [3.63, 3.8) is 0 Å². The molecule has 0 aromatic carbocycles. The molecule has 0 atom stereocenters. The molecule has 2 heterocycles. The summed E-state index contributed by atoms with van der Waals surface area (Å²) in [6.07, 6.45) is 4.83. The van der Waals surface area contributed by atoms with Gasteiger partial charge in [0.15, 0.2) is 0 Å². The lowest BCUT2D eigenvalue weighted by atomic mass is 9.98. The Hall–Kier alpha value is -0.500. The minimum atomic E-state index is -3.41. The number of pyridine rings is 1. The smallest absolute Gasteiger partial charge is 0.244 e. The molecule has 0 saturated carbocycles. The number of nitrogens with zero attached hydrogens (tertiary/aromatic N) is 3. The van der Waals surface area contributed by atoms with E-state index in [0.717, 1.165) is 19.4 Å². The van der Waals surface area contributed by atoms with Crippen LogP contribution in [0.2, 0.25) is 0 Å². The summed E-state index contributed by atoms with van der Waals surface area (Å²) >= 11 is 3.26. The average Bonchev–Trinajstić information content (AvgIpc) is 2.38. The Morgan fingerprint density at radius 3 is 2.55 bits per heavy atom. The first-order valence-electron chi connectivity index (χ1n) is 6.65. The molecule has 1 aliphatic heterocycles. The number of hydrogen-bond donors (Lipinski definition) is 0. The maximum Gasteiger partial charge on any atom is 0.244 e. The van der Waals surface area contributed by atoms with Crippen LogP contribution in [0.25, 0.3) is 0 Å². The second-order valence-electron chi connectivity index (χ2n) is 5.45. The number of halogens is 1. The maximum absolute atomic E-state index is 12.5. The second-order valence-corrected chi connectivity index (χ2v) is 8.30. The van der Waals surface area contributed by atoms with Crippen molar-refractivity contribution in [2.45, 2.75) is 17.7 Å². The number of sulfonamides is 1. The highest BCUT2D eigenvalue weighted by Gasteiger charge is 2.29. The van der Waals surface area contributed by atoms with Crippen LogP contribution in [0.3, 0.4) is 0 Å². The topological polar surface area (TPSA) is 53.5 Å². The summed E-state index contributed by atoms with van der Waals surface area (Å²) in [5.41, 5.74) is 0. The third-order valence-corrected chi connectivity index (χ3v) is 5.81. The molecule has 0 spiro atoms. The summed E-state index contributed by atoms with van der Waals surface area (Å²) in [6, 6.07) is 1.61. The van der Waals surface area contributed by atoms with Gasteiger partial charge in [-0.3, -0.25) is 4.98 Å². The van der Waals surface area contributed by atoms with E-state index in [-0.39, 0.29) is 4.90 Å². The fourth-order valence-corrected chi connectivity index (χ4v) is 4.51. The summed E-state index contributed by atoms with van der Waals surface area (Å²) < 4.78 is 27.3. The molecule has 7 heteroatoms. The molecular formula is C13H20BrN3O2S. The quantitative estimate of drug-likeness (QED) is 0.820. The Morgan fingerprint density at radius 1 is 1.35 bits per heavy atom. The van der Waals surface area contributed by atoms with E-state index in [1.807, 2.05) is 0 Å². The van der Waals surface area contributed by atoms with Crippen molar-refractivity contribution in [2.24, 2.45) is 5.92 Å². The van der Waals surface area contributed by atoms with E-state index in [4.69, 9.17) is 0 Å². The van der Waals surface area contributed by atoms with Gasteiger partial charge in [0, 0.05) is 36.5 Å². The highest BCUT2D eigenvalue weighted by Crippen LogP contribution is 2.24. The minimum absolute atomic E-state index is 0.262. The molecule has 1 fully saturated rings. The van der Waals surface area contributed by atoms with Gasteiger partial charge in [-0.2, -0.15) is 4.31 Å². The van der Waals surface area contributed by atoms with Gasteiger partial charge in [0.1, 0.15) is 4.90 Å². The SMILES string of the molecule is CN(C)CC1CCN(S(=O)(=O)c2cncc(Br)c2)CC1. The van der Waals surface area contributed by atoms with Crippen LogP contribution in [0.5, 0.6) is 0 Å². The van der Waals surface area contributed by atoms with Crippen molar-refractivity contribution in [2.75, 3.05) is 33.7 Å². The van der Waals surface area contributed by atoms with Gasteiger partial charge in [-0.1, -0.05) is 0 Å². The molecular weight excluding hydrogens is 342 g/mol. The van der Waals surface area contributed by atoms with Crippen LogP contribution in [0.4, 0.5) is 0 Å². The monoisotopic (exact) mass is 361 g/mol. The summed E-state index contributed by atoms with van der Waals surface area (Å²) in [7, 11) is 0.695. The largest absolute Gasteiger partial charge is 0.309 e. The summed E-state index contributed by atoms with van der Waals surface area (Å²) in [5, 5.41) is 0. The van der Waals surface area contributed by atoms with Crippen molar-refractivity contribution in [3.05, 3.63) is 22.9 Å². The third-order valence-electron chi connectivity index (χ3n) is 3.51. The average molecular weight is 362 g/mol. The van der Waals surface area contributed by atoms with Crippen molar-refractivity contribution in [1.29, 1.82) is 0 Å². The standard InChI is InChI=1S/C13H20BrN3O2S/c1-16(2)10-11-3-5-17(6-4-11)20(18,19)13-7-12(14)8-15-9-13/h7-9,11H,3-6,10H2,1-2H3. The van der Waals surface area contributed by atoms with Gasteiger partial charge in [-0.05, 0) is 54.9 Å². The van der Waals surface area contributed by atoms with E-state index in [1.165, 1.54) is 6.20 Å². The molecule has 1 aliphatic rings. The highest BCUT2D eigenvalue weighted by atomic mass is 79.9. The Balaban J connectivity index is 2.06. The minimum Gasteiger partial charge on any atom is -0.309 e. The molecule has 0 amide bonds. The van der Waals surface area contributed by atoms with E-state index in [9.17, 15) is 8.42 Å². The second kappa shape index (κ2) is 6.51. The zero-order valence-corrected chi connectivity index (χ0v) is 14.2. The molecule has 1 aromatic heterocycles. The van der Waals surface area contributed by atoms with Crippen LogP contribution in [0, 0.1) is 5.92 Å². The molecule has 0 unspecified atom stereocenters. The maximum atomic E-state index is 12.5. The molecule has 112 valence electrons. The zero-order valence-electron chi connectivity index (χ0n) is 11.8. The molecule has 5 nitrogen and oxygen atoms in total. The molecule has 2 rings (SSSR count). The summed E-state index contributed by atoms with van der Waals surface area (Å²) in [6.45, 7) is 2.20. The highest BCUT2D eigenvalue weighted by molar-refractivity contribution is 9.10. The summed E-state index contributed by atoms with van der Waals surface area (Å²) in [4.78, 5) is 6.36. The van der Waals surface area contributed by atoms with Crippen LogP contribution in [0.15, 0.2) is 27.8 Å². The van der Waals surface area contributed by atoms with Crippen molar-refractivity contribution in [1.82, 2.24) is 14.2 Å². The molecule has 0 aliphatic carbocycles. The van der Waals surface area contributed by atoms with Gasteiger partial charge in [0.2, 0.25) is 10.0 Å². The van der Waals surface area contributed by atoms with Gasteiger partial charge in [-0.25, -0.2) is 8.42 Å². The van der Waals surface area contributed by atoms with E-state index in [0.29, 0.717) is 23.5 Å². The number of piperidine rings is 1. The van der Waals surface area contributed by atoms with E-state index in [1.54, 1.807) is 16.6 Å². The van der Waals surface area contributed by atoms with Crippen LogP contribution < -0.4 is 0 Å². The van der Waals surface area contributed by atoms with Crippen LogP contribution in [0.1, 0.15) is 12.8 Å². The van der Waals surface area contributed by atoms with Crippen LogP contribution in [-0.4, -0.2) is 56.3 Å². The van der Waals surface area contributed by atoms with Crippen LogP contribution in [-0.2, 0) is 10.0 Å². The first-order valence-corrected chi connectivity index (χ1v) is 8.88. The van der Waals surface area contributed by atoms with E-state index >= 15 is 0 Å². The first-order chi connectivity index (χ1) is 9.39. The number of hydrogen-bond acceptors (Lipinski definition) is 4. The van der Waals surface area contributed by atoms with Crippen molar-refractivity contribution < 1.29 is 8.42 Å². The summed E-state index contributed by atoms with van der Waals surface area (Å²) in [5.74, 6) is 0.581. The number of aromatic nitrogens is 1. The third kappa shape index (κ3) is 3.78. The lowest BCUT2D eigenvalue weighted by Gasteiger charge is -2.32. The molecule has 0 bridgehead atoms. The lowest BCUT2D eigenvalue weighted by Crippen LogP contribution is -2.40. The predicted molar refractivity (Wildman–Crippen MR) is 82.0 cm³/mol. The Labute approximate surface area is 129 Å². The number of rotatable bonds is 4. The van der Waals surface area contributed by atoms with Gasteiger partial charge in [0.05, 0.1) is 0 Å². The van der Waals surface area contributed by atoms with Crippen LogP contribution >= 0.6 is 15.9 Å². The van der Waals surface area contributed by atoms with E-state index < -0.39 is 10.0 Å². The fourth-order valence-electron chi connectivity index (χ4n) is 2.53. The Morgan fingerprint density at radius 2 is 2.00 bits per heavy atom. The molecule has 1 saturated heterocycles. The van der Waals surface area contributed by atoms with Gasteiger partial charge in [0.25, 0.3) is 0 Å². The first kappa shape index (κ1) is 15.9. The predicted octanol–water partition coefficient (Wildman–Crippen LogP) is 1.81. The van der Waals surface area contributed by atoms with E-state index in [2.05, 4.69) is 39.9 Å². The van der Waals surface area contributed by atoms with Gasteiger partial charge in [-0.15, -0.1) is 0 Å². The van der Waals surface area contributed by atoms with Gasteiger partial charge >= 0.3 is 0 Å². The Kier molecular flexibility index (Phi) is 5.17. The lowest BCUT2D eigenvalue weighted by molar-refractivity contribution is 0.225. The molecule has 20 heavy (non-hydrogen) atoms. The fraction of sp³-hybridized carbons (Fsp3) is 0.615. The molecule has 1 aromatic rings. The zero-order chi connectivity index (χ0) is 14.8. The Bertz CT molecular complexity index is 554. The van der Waals surface area contributed by atoms with Gasteiger partial charge < -0.3 is 4.90 Å². The molecule has 0 radical (unpaired) electrons. The van der Waals surface area contributed by atoms with Crippen molar-refractivity contribution in [3.8, 4) is 0 Å². The normalized spacial score (nSPS) is 18.6. The van der Waals surface area contributed by atoms with Crippen molar-refractivity contribution >= 4 is 26.0 Å².